The van der Waals surface area contributed by atoms with E-state index >= 15 is 0 Å². The summed E-state index contributed by atoms with van der Waals surface area (Å²) in [6.07, 6.45) is 3.85. The number of nitrogens with one attached hydrogen (secondary N) is 1. The molecule has 3 atom stereocenters. The topological polar surface area (TPSA) is 35.5 Å². The fourth-order valence-electron chi connectivity index (χ4n) is 3.94. The van der Waals surface area contributed by atoms with E-state index in [1.807, 2.05) is 0 Å². The van der Waals surface area contributed by atoms with Crippen LogP contribution < -0.4 is 5.32 Å². The molecule has 2 aliphatic heterocycles. The maximum Gasteiger partial charge on any atom is 0.123 e. The van der Waals surface area contributed by atoms with Gasteiger partial charge in [0.15, 0.2) is 0 Å². The molecule has 4 heteroatoms. The van der Waals surface area contributed by atoms with Crippen LogP contribution in [0.5, 0.6) is 0 Å². The molecule has 0 radical (unpaired) electrons. The molecule has 3 rings (SSSR count). The summed E-state index contributed by atoms with van der Waals surface area (Å²) in [4.78, 5) is 2.56. The van der Waals surface area contributed by atoms with E-state index in [9.17, 15) is 9.50 Å². The summed E-state index contributed by atoms with van der Waals surface area (Å²) >= 11 is 0. The van der Waals surface area contributed by atoms with Gasteiger partial charge in [0.2, 0.25) is 0 Å². The van der Waals surface area contributed by atoms with Crippen LogP contribution in [-0.4, -0.2) is 42.2 Å². The predicted molar refractivity (Wildman–Crippen MR) is 86.2 cm³/mol. The number of hydrogen-bond acceptors (Lipinski definition) is 3. The largest absolute Gasteiger partial charge is 0.388 e. The van der Waals surface area contributed by atoms with Crippen molar-refractivity contribution in [1.82, 2.24) is 10.2 Å². The highest BCUT2D eigenvalue weighted by Crippen LogP contribution is 2.32. The number of aliphatic hydroxyl groups excluding tert-OH is 1. The van der Waals surface area contributed by atoms with Crippen LogP contribution in [0, 0.1) is 11.2 Å². The lowest BCUT2D eigenvalue weighted by molar-refractivity contribution is 0.0995. The summed E-state index contributed by atoms with van der Waals surface area (Å²) in [6.45, 7) is 6.82. The summed E-state index contributed by atoms with van der Waals surface area (Å²) in [5.74, 6) is -0.250. The van der Waals surface area contributed by atoms with Gasteiger partial charge in [0, 0.05) is 19.1 Å². The fourth-order valence-corrected chi connectivity index (χ4v) is 3.94. The van der Waals surface area contributed by atoms with Crippen LogP contribution in [0.4, 0.5) is 4.39 Å². The van der Waals surface area contributed by atoms with Crippen LogP contribution in [0.2, 0.25) is 0 Å². The van der Waals surface area contributed by atoms with Crippen LogP contribution in [0.25, 0.3) is 0 Å². The van der Waals surface area contributed by atoms with E-state index in [0.29, 0.717) is 11.5 Å². The molecule has 2 fully saturated rings. The molecule has 0 saturated carbocycles. The second-order valence-electron chi connectivity index (χ2n) is 7.31. The fraction of sp³-hybridized carbons (Fsp3) is 0.667. The summed E-state index contributed by atoms with van der Waals surface area (Å²) in [7, 11) is 0. The third-order valence-electron chi connectivity index (χ3n) is 5.29. The van der Waals surface area contributed by atoms with Gasteiger partial charge < -0.3 is 10.4 Å². The lowest BCUT2D eigenvalue weighted by atomic mass is 9.88. The second kappa shape index (κ2) is 6.65. The van der Waals surface area contributed by atoms with E-state index in [1.54, 1.807) is 12.1 Å². The van der Waals surface area contributed by atoms with Gasteiger partial charge in [-0.05, 0) is 61.9 Å². The molecule has 2 N–H and O–H groups in total. The van der Waals surface area contributed by atoms with Crippen molar-refractivity contribution < 1.29 is 9.50 Å². The van der Waals surface area contributed by atoms with Gasteiger partial charge in [-0.25, -0.2) is 4.39 Å². The highest BCUT2D eigenvalue weighted by atomic mass is 19.1. The number of halogens is 1. The Kier molecular flexibility index (Phi) is 4.81. The van der Waals surface area contributed by atoms with Crippen molar-refractivity contribution in [2.45, 2.75) is 44.8 Å². The van der Waals surface area contributed by atoms with Crippen molar-refractivity contribution in [3.63, 3.8) is 0 Å². The smallest absolute Gasteiger partial charge is 0.123 e. The first-order chi connectivity index (χ1) is 10.6. The molecule has 0 aromatic heterocycles. The molecule has 0 aliphatic carbocycles. The first-order valence-corrected chi connectivity index (χ1v) is 8.44. The van der Waals surface area contributed by atoms with E-state index in [1.165, 1.54) is 25.0 Å². The second-order valence-corrected chi connectivity index (χ2v) is 7.31. The SMILES string of the molecule is CC1(CN2CCCC2CC(O)c2ccc(F)cc2)CCNC1. The molecular formula is C18H27FN2O. The first kappa shape index (κ1) is 15.9. The van der Waals surface area contributed by atoms with Gasteiger partial charge >= 0.3 is 0 Å². The Morgan fingerprint density at radius 2 is 2.18 bits per heavy atom. The zero-order valence-corrected chi connectivity index (χ0v) is 13.4. The van der Waals surface area contributed by atoms with Crippen molar-refractivity contribution in [3.05, 3.63) is 35.6 Å². The zero-order chi connectivity index (χ0) is 15.6. The normalized spacial score (nSPS) is 30.8. The number of likely N-dealkylation sites (tertiary alicyclic amines) is 1. The van der Waals surface area contributed by atoms with E-state index in [4.69, 9.17) is 0 Å². The molecular weight excluding hydrogens is 279 g/mol. The van der Waals surface area contributed by atoms with Gasteiger partial charge in [-0.2, -0.15) is 0 Å². The molecule has 22 heavy (non-hydrogen) atoms. The molecule has 3 unspecified atom stereocenters. The minimum absolute atomic E-state index is 0.250. The predicted octanol–water partition coefficient (Wildman–Crippen LogP) is 2.71. The van der Waals surface area contributed by atoms with E-state index in [-0.39, 0.29) is 5.82 Å². The van der Waals surface area contributed by atoms with Gasteiger partial charge in [-0.1, -0.05) is 19.1 Å². The third kappa shape index (κ3) is 3.67. The average molecular weight is 306 g/mol. The lowest BCUT2D eigenvalue weighted by Crippen LogP contribution is -2.40. The summed E-state index contributed by atoms with van der Waals surface area (Å²) in [5, 5.41) is 13.9. The molecule has 0 amide bonds. The monoisotopic (exact) mass is 306 g/mol. The van der Waals surface area contributed by atoms with Gasteiger partial charge in [-0.3, -0.25) is 4.90 Å². The minimum Gasteiger partial charge on any atom is -0.388 e. The van der Waals surface area contributed by atoms with Gasteiger partial charge in [0.05, 0.1) is 6.10 Å². The summed E-state index contributed by atoms with van der Waals surface area (Å²) in [6, 6.07) is 6.69. The van der Waals surface area contributed by atoms with Crippen LogP contribution in [0.3, 0.4) is 0 Å². The Morgan fingerprint density at radius 1 is 1.41 bits per heavy atom. The zero-order valence-electron chi connectivity index (χ0n) is 13.4. The Bertz CT molecular complexity index is 484. The van der Waals surface area contributed by atoms with Crippen LogP contribution in [0.15, 0.2) is 24.3 Å². The lowest BCUT2D eigenvalue weighted by Gasteiger charge is -2.34. The van der Waals surface area contributed by atoms with Gasteiger partial charge in [0.1, 0.15) is 5.82 Å². The molecule has 1 aromatic rings. The Morgan fingerprint density at radius 3 is 2.86 bits per heavy atom. The number of rotatable bonds is 5. The Balaban J connectivity index is 1.59. The van der Waals surface area contributed by atoms with E-state index in [0.717, 1.165) is 44.6 Å². The van der Waals surface area contributed by atoms with E-state index < -0.39 is 6.10 Å². The van der Waals surface area contributed by atoms with Gasteiger partial charge in [0.25, 0.3) is 0 Å². The van der Waals surface area contributed by atoms with Crippen LogP contribution >= 0.6 is 0 Å². The molecule has 122 valence electrons. The highest BCUT2D eigenvalue weighted by Gasteiger charge is 2.35. The third-order valence-corrected chi connectivity index (χ3v) is 5.29. The van der Waals surface area contributed by atoms with Crippen molar-refractivity contribution in [3.8, 4) is 0 Å². The quantitative estimate of drug-likeness (QED) is 0.878. The van der Waals surface area contributed by atoms with E-state index in [2.05, 4.69) is 17.1 Å². The maximum absolute atomic E-state index is 13.0. The maximum atomic E-state index is 13.0. The van der Waals surface area contributed by atoms with Crippen molar-refractivity contribution in [2.75, 3.05) is 26.2 Å². The van der Waals surface area contributed by atoms with Gasteiger partial charge in [-0.15, -0.1) is 0 Å². The first-order valence-electron chi connectivity index (χ1n) is 8.44. The minimum atomic E-state index is -0.499. The number of nitrogens with zero attached hydrogens (tertiary/aromatic N) is 1. The standard InChI is InChI=1S/C18H27FN2O/c1-18(8-9-20-12-18)13-21-10-2-3-16(21)11-17(22)14-4-6-15(19)7-5-14/h4-7,16-17,20,22H,2-3,8-13H2,1H3. The van der Waals surface area contributed by atoms with Crippen molar-refractivity contribution >= 4 is 0 Å². The molecule has 0 spiro atoms. The highest BCUT2D eigenvalue weighted by molar-refractivity contribution is 5.18. The van der Waals surface area contributed by atoms with Crippen LogP contribution in [-0.2, 0) is 0 Å². The summed E-state index contributed by atoms with van der Waals surface area (Å²) in [5.41, 5.74) is 1.19. The molecule has 2 aliphatic rings. The molecule has 0 bridgehead atoms. The molecule has 2 saturated heterocycles. The molecule has 2 heterocycles. The Labute approximate surface area is 132 Å². The number of aliphatic hydroxyl groups is 1. The molecule has 3 nitrogen and oxygen atoms in total. The molecule has 1 aromatic carbocycles. The van der Waals surface area contributed by atoms with Crippen molar-refractivity contribution in [1.29, 1.82) is 0 Å². The Hall–Kier alpha value is -0.970. The number of hydrogen-bond donors (Lipinski definition) is 2. The van der Waals surface area contributed by atoms with Crippen LogP contribution in [0.1, 0.15) is 44.3 Å². The average Bonchev–Trinajstić information content (AvgIpc) is 3.10. The van der Waals surface area contributed by atoms with Crippen molar-refractivity contribution in [2.24, 2.45) is 5.41 Å². The summed E-state index contributed by atoms with van der Waals surface area (Å²) < 4.78 is 13.0. The number of benzene rings is 1.